The molecule has 1 aromatic carbocycles. The number of likely N-dealkylation sites (tertiary alicyclic amines) is 1. The molecule has 2 heterocycles. The lowest BCUT2D eigenvalue weighted by molar-refractivity contribution is -0.141. The molecule has 1 saturated heterocycles. The molecule has 1 aliphatic rings. The monoisotopic (exact) mass is 348 g/mol. The van der Waals surface area contributed by atoms with E-state index in [1.165, 1.54) is 0 Å². The lowest BCUT2D eigenvalue weighted by Crippen LogP contribution is -2.36. The molecular weight excluding hydrogens is 329 g/mol. The number of alkyl halides is 3. The number of nitrogens with one attached hydrogen (secondary N) is 1. The van der Waals surface area contributed by atoms with Crippen LogP contribution in [0.1, 0.15) is 54.2 Å². The fourth-order valence-corrected chi connectivity index (χ4v) is 3.38. The van der Waals surface area contributed by atoms with Crippen LogP contribution in [0.4, 0.5) is 13.2 Å². The molecule has 0 radical (unpaired) electrons. The van der Waals surface area contributed by atoms with Crippen molar-refractivity contribution in [3.63, 3.8) is 0 Å². The molecule has 3 rings (SSSR count). The van der Waals surface area contributed by atoms with Crippen molar-refractivity contribution in [1.29, 1.82) is 5.26 Å². The highest BCUT2D eigenvalue weighted by Gasteiger charge is 2.35. The lowest BCUT2D eigenvalue weighted by atomic mass is 9.92. The highest BCUT2D eigenvalue weighted by atomic mass is 19.4. The smallest absolute Gasteiger partial charge is 0.296 e. The van der Waals surface area contributed by atoms with Gasteiger partial charge in [-0.3, -0.25) is 10.00 Å². The standard InChI is InChI=1S/C18H19F3N4/c1-12(14-5-2-4-13(8-14)10-22)25-7-3-6-15(11-25)16-9-17(24-23-16)18(19,20)21/h2,4-5,8-9,12,15H,3,6-7,11H2,1H3,(H,23,24). The first-order valence-electron chi connectivity index (χ1n) is 8.25. The number of rotatable bonds is 3. The summed E-state index contributed by atoms with van der Waals surface area (Å²) in [6, 6.07) is 10.8. The van der Waals surface area contributed by atoms with E-state index in [1.54, 1.807) is 6.07 Å². The van der Waals surface area contributed by atoms with Crippen molar-refractivity contribution in [1.82, 2.24) is 15.1 Å². The number of aromatic nitrogens is 2. The molecule has 0 saturated carbocycles. The second-order valence-corrected chi connectivity index (χ2v) is 6.45. The molecule has 1 N–H and O–H groups in total. The van der Waals surface area contributed by atoms with Crippen molar-refractivity contribution in [2.45, 2.75) is 37.9 Å². The van der Waals surface area contributed by atoms with Crippen LogP contribution < -0.4 is 0 Å². The number of piperidine rings is 1. The van der Waals surface area contributed by atoms with Gasteiger partial charge in [-0.25, -0.2) is 0 Å². The Kier molecular flexibility index (Phi) is 4.82. The molecule has 0 aliphatic carbocycles. The minimum absolute atomic E-state index is 0.000973. The Balaban J connectivity index is 1.74. The van der Waals surface area contributed by atoms with E-state index in [4.69, 9.17) is 5.26 Å². The number of aromatic amines is 1. The van der Waals surface area contributed by atoms with Crippen molar-refractivity contribution in [2.75, 3.05) is 13.1 Å². The van der Waals surface area contributed by atoms with E-state index in [1.807, 2.05) is 18.2 Å². The van der Waals surface area contributed by atoms with E-state index in [-0.39, 0.29) is 12.0 Å². The fraction of sp³-hybridized carbons (Fsp3) is 0.444. The number of nitrogens with zero attached hydrogens (tertiary/aromatic N) is 3. The Morgan fingerprint density at radius 1 is 1.36 bits per heavy atom. The zero-order chi connectivity index (χ0) is 18.0. The largest absolute Gasteiger partial charge is 0.435 e. The van der Waals surface area contributed by atoms with Crippen LogP contribution in [-0.2, 0) is 6.18 Å². The molecule has 7 heteroatoms. The van der Waals surface area contributed by atoms with Crippen LogP contribution in [0, 0.1) is 11.3 Å². The quantitative estimate of drug-likeness (QED) is 0.903. The van der Waals surface area contributed by atoms with Gasteiger partial charge in [0.1, 0.15) is 0 Å². The van der Waals surface area contributed by atoms with Gasteiger partial charge in [0.05, 0.1) is 11.6 Å². The molecule has 132 valence electrons. The topological polar surface area (TPSA) is 55.7 Å². The van der Waals surface area contributed by atoms with Gasteiger partial charge in [0.25, 0.3) is 0 Å². The maximum absolute atomic E-state index is 12.7. The van der Waals surface area contributed by atoms with Crippen LogP contribution in [0.25, 0.3) is 0 Å². The Labute approximate surface area is 144 Å². The molecule has 1 aliphatic heterocycles. The first kappa shape index (κ1) is 17.5. The first-order chi connectivity index (χ1) is 11.9. The average molecular weight is 348 g/mol. The summed E-state index contributed by atoms with van der Waals surface area (Å²) < 4.78 is 38.2. The summed E-state index contributed by atoms with van der Waals surface area (Å²) in [6.45, 7) is 3.61. The predicted octanol–water partition coefficient (Wildman–Crippen LogP) is 4.24. The Morgan fingerprint density at radius 2 is 2.16 bits per heavy atom. The Hall–Kier alpha value is -2.33. The van der Waals surface area contributed by atoms with Gasteiger partial charge in [0.2, 0.25) is 0 Å². The fourth-order valence-electron chi connectivity index (χ4n) is 3.38. The van der Waals surface area contributed by atoms with Crippen LogP contribution >= 0.6 is 0 Å². The Morgan fingerprint density at radius 3 is 2.84 bits per heavy atom. The third-order valence-electron chi connectivity index (χ3n) is 4.83. The van der Waals surface area contributed by atoms with E-state index < -0.39 is 11.9 Å². The predicted molar refractivity (Wildman–Crippen MR) is 86.7 cm³/mol. The molecule has 2 unspecified atom stereocenters. The van der Waals surface area contributed by atoms with E-state index in [0.29, 0.717) is 17.8 Å². The van der Waals surface area contributed by atoms with Gasteiger partial charge in [-0.05, 0) is 50.1 Å². The summed E-state index contributed by atoms with van der Waals surface area (Å²) in [7, 11) is 0. The summed E-state index contributed by atoms with van der Waals surface area (Å²) in [5, 5.41) is 15.0. The van der Waals surface area contributed by atoms with E-state index in [9.17, 15) is 13.2 Å². The zero-order valence-corrected chi connectivity index (χ0v) is 13.8. The summed E-state index contributed by atoms with van der Waals surface area (Å²) in [5.41, 5.74) is 1.32. The molecular formula is C18H19F3N4. The molecule has 1 aromatic heterocycles. The summed E-state index contributed by atoms with van der Waals surface area (Å²) in [5.74, 6) is -0.000973. The summed E-state index contributed by atoms with van der Waals surface area (Å²) in [6.07, 6.45) is -2.68. The number of benzene rings is 1. The van der Waals surface area contributed by atoms with Crippen LogP contribution in [0.3, 0.4) is 0 Å². The summed E-state index contributed by atoms with van der Waals surface area (Å²) in [4.78, 5) is 2.25. The van der Waals surface area contributed by atoms with Crippen molar-refractivity contribution < 1.29 is 13.2 Å². The zero-order valence-electron chi connectivity index (χ0n) is 13.8. The van der Waals surface area contributed by atoms with E-state index >= 15 is 0 Å². The van der Waals surface area contributed by atoms with Gasteiger partial charge < -0.3 is 0 Å². The third-order valence-corrected chi connectivity index (χ3v) is 4.83. The molecule has 0 spiro atoms. The van der Waals surface area contributed by atoms with Crippen LogP contribution in [0.5, 0.6) is 0 Å². The highest BCUT2D eigenvalue weighted by molar-refractivity contribution is 5.34. The van der Waals surface area contributed by atoms with Crippen molar-refractivity contribution >= 4 is 0 Å². The second kappa shape index (κ2) is 6.89. The second-order valence-electron chi connectivity index (χ2n) is 6.45. The van der Waals surface area contributed by atoms with Gasteiger partial charge in [0, 0.05) is 24.2 Å². The van der Waals surface area contributed by atoms with Crippen LogP contribution in [0.15, 0.2) is 30.3 Å². The van der Waals surface area contributed by atoms with Crippen molar-refractivity contribution in [2.24, 2.45) is 0 Å². The lowest BCUT2D eigenvalue weighted by Gasteiger charge is -2.36. The Bertz CT molecular complexity index is 775. The molecule has 25 heavy (non-hydrogen) atoms. The number of hydrogen-bond donors (Lipinski definition) is 1. The molecule has 2 aromatic rings. The molecule has 1 fully saturated rings. The minimum atomic E-state index is -4.42. The van der Waals surface area contributed by atoms with Crippen molar-refractivity contribution in [3.8, 4) is 6.07 Å². The minimum Gasteiger partial charge on any atom is -0.296 e. The van der Waals surface area contributed by atoms with Gasteiger partial charge >= 0.3 is 6.18 Å². The highest BCUT2D eigenvalue weighted by Crippen LogP contribution is 2.34. The van der Waals surface area contributed by atoms with Gasteiger partial charge in [-0.2, -0.15) is 23.5 Å². The number of hydrogen-bond acceptors (Lipinski definition) is 3. The number of halogens is 3. The first-order valence-corrected chi connectivity index (χ1v) is 8.25. The van der Waals surface area contributed by atoms with Gasteiger partial charge in [-0.1, -0.05) is 12.1 Å². The summed E-state index contributed by atoms with van der Waals surface area (Å²) >= 11 is 0. The van der Waals surface area contributed by atoms with Crippen molar-refractivity contribution in [3.05, 3.63) is 52.8 Å². The normalized spacial score (nSPS) is 20.2. The van der Waals surface area contributed by atoms with E-state index in [0.717, 1.165) is 31.0 Å². The maximum Gasteiger partial charge on any atom is 0.435 e. The average Bonchev–Trinajstić information content (AvgIpc) is 3.12. The maximum atomic E-state index is 12.7. The third kappa shape index (κ3) is 3.85. The number of nitriles is 1. The molecule has 0 bridgehead atoms. The molecule has 0 amide bonds. The number of H-pyrrole nitrogens is 1. The van der Waals surface area contributed by atoms with Gasteiger partial charge in [-0.15, -0.1) is 0 Å². The molecule has 2 atom stereocenters. The SMILES string of the molecule is CC(c1cccc(C#N)c1)N1CCCC(c2cc(C(F)(F)F)n[nH]2)C1. The van der Waals surface area contributed by atoms with Crippen LogP contribution in [0.2, 0.25) is 0 Å². The molecule has 4 nitrogen and oxygen atoms in total. The van der Waals surface area contributed by atoms with Crippen LogP contribution in [-0.4, -0.2) is 28.2 Å². The van der Waals surface area contributed by atoms with E-state index in [2.05, 4.69) is 28.1 Å². The van der Waals surface area contributed by atoms with Gasteiger partial charge in [0.15, 0.2) is 5.69 Å².